The second-order valence-electron chi connectivity index (χ2n) is 3.94. The smallest absolute Gasteiger partial charge is 0.169 e. The minimum Gasteiger partial charge on any atom is -0.493 e. The molecule has 2 N–H and O–H groups in total. The number of anilines is 1. The lowest BCUT2D eigenvalue weighted by Gasteiger charge is -2.11. The zero-order valence-electron chi connectivity index (χ0n) is 10.8. The second kappa shape index (κ2) is 5.64. The van der Waals surface area contributed by atoms with Crippen molar-refractivity contribution in [2.24, 2.45) is 0 Å². The van der Waals surface area contributed by atoms with Gasteiger partial charge in [0.2, 0.25) is 0 Å². The Hall–Kier alpha value is -3.18. The van der Waals surface area contributed by atoms with E-state index in [0.717, 1.165) is 0 Å². The maximum absolute atomic E-state index is 8.84. The lowest BCUT2D eigenvalue weighted by atomic mass is 10.2. The quantitative estimate of drug-likeness (QED) is 0.861. The van der Waals surface area contributed by atoms with Gasteiger partial charge in [0.1, 0.15) is 11.8 Å². The number of nitriles is 2. The predicted molar refractivity (Wildman–Crippen MR) is 73.4 cm³/mol. The zero-order valence-corrected chi connectivity index (χ0v) is 10.8. The van der Waals surface area contributed by atoms with Crippen molar-refractivity contribution in [3.05, 3.63) is 47.5 Å². The number of benzene rings is 2. The van der Waals surface area contributed by atoms with Crippen LogP contribution in [0.25, 0.3) is 0 Å². The molecule has 0 aliphatic carbocycles. The highest BCUT2D eigenvalue weighted by atomic mass is 16.5. The third-order valence-corrected chi connectivity index (χ3v) is 2.66. The molecule has 2 rings (SSSR count). The Kier molecular flexibility index (Phi) is 3.74. The Balaban J connectivity index is 2.33. The summed E-state index contributed by atoms with van der Waals surface area (Å²) in [5.74, 6) is 1.41. The minimum absolute atomic E-state index is 0.345. The van der Waals surface area contributed by atoms with Crippen LogP contribution in [-0.2, 0) is 0 Å². The Labute approximate surface area is 116 Å². The molecule has 0 atom stereocenters. The SMILES string of the molecule is COc1cc(C#N)ccc1Oc1ccc(C#N)c(N)c1. The van der Waals surface area contributed by atoms with E-state index in [0.29, 0.717) is 34.1 Å². The molecule has 0 saturated carbocycles. The van der Waals surface area contributed by atoms with Crippen LogP contribution in [0.3, 0.4) is 0 Å². The van der Waals surface area contributed by atoms with Crippen molar-refractivity contribution in [2.75, 3.05) is 12.8 Å². The number of rotatable bonds is 3. The number of nitrogens with two attached hydrogens (primary N) is 1. The molecule has 5 heteroatoms. The van der Waals surface area contributed by atoms with Crippen molar-refractivity contribution in [3.63, 3.8) is 0 Å². The van der Waals surface area contributed by atoms with Crippen LogP contribution in [0, 0.1) is 22.7 Å². The third-order valence-electron chi connectivity index (χ3n) is 2.66. The molecule has 2 aromatic carbocycles. The number of ether oxygens (including phenoxy) is 2. The van der Waals surface area contributed by atoms with Gasteiger partial charge < -0.3 is 15.2 Å². The van der Waals surface area contributed by atoms with Crippen molar-refractivity contribution in [1.82, 2.24) is 0 Å². The van der Waals surface area contributed by atoms with Crippen molar-refractivity contribution in [3.8, 4) is 29.4 Å². The predicted octanol–water partition coefficient (Wildman–Crippen LogP) is 2.81. The standard InChI is InChI=1S/C15H11N3O2/c1-19-15-6-10(8-16)2-5-14(15)20-12-4-3-11(9-17)13(18)7-12/h2-7H,18H2,1H3. The third kappa shape index (κ3) is 2.63. The van der Waals surface area contributed by atoms with Gasteiger partial charge in [-0.15, -0.1) is 0 Å². The monoisotopic (exact) mass is 265 g/mol. The van der Waals surface area contributed by atoms with E-state index in [2.05, 4.69) is 0 Å². The molecule has 0 saturated heterocycles. The Morgan fingerprint density at radius 2 is 1.80 bits per heavy atom. The highest BCUT2D eigenvalue weighted by Gasteiger charge is 2.08. The van der Waals surface area contributed by atoms with Crippen LogP contribution in [0.1, 0.15) is 11.1 Å². The Morgan fingerprint density at radius 1 is 1.00 bits per heavy atom. The summed E-state index contributed by atoms with van der Waals surface area (Å²) in [5.41, 5.74) is 6.94. The first-order valence-corrected chi connectivity index (χ1v) is 5.73. The fourth-order valence-corrected chi connectivity index (χ4v) is 1.65. The molecule has 98 valence electrons. The first-order chi connectivity index (χ1) is 9.67. The summed E-state index contributed by atoms with van der Waals surface area (Å²) in [4.78, 5) is 0. The van der Waals surface area contributed by atoms with Crippen LogP contribution in [0.15, 0.2) is 36.4 Å². The van der Waals surface area contributed by atoms with Gasteiger partial charge >= 0.3 is 0 Å². The van der Waals surface area contributed by atoms with Crippen LogP contribution in [0.5, 0.6) is 17.2 Å². The maximum Gasteiger partial charge on any atom is 0.169 e. The molecule has 0 heterocycles. The Morgan fingerprint density at radius 3 is 2.40 bits per heavy atom. The van der Waals surface area contributed by atoms with Gasteiger partial charge in [0.15, 0.2) is 11.5 Å². The Bertz CT molecular complexity index is 727. The number of hydrogen-bond acceptors (Lipinski definition) is 5. The normalized spacial score (nSPS) is 9.35. The lowest BCUT2D eigenvalue weighted by molar-refractivity contribution is 0.379. The molecule has 0 aliphatic rings. The summed E-state index contributed by atoms with van der Waals surface area (Å²) < 4.78 is 10.8. The van der Waals surface area contributed by atoms with E-state index in [1.165, 1.54) is 7.11 Å². The van der Waals surface area contributed by atoms with Crippen molar-refractivity contribution >= 4 is 5.69 Å². The number of nitrogen functional groups attached to an aromatic ring is 1. The van der Waals surface area contributed by atoms with E-state index in [1.807, 2.05) is 12.1 Å². The van der Waals surface area contributed by atoms with E-state index in [1.54, 1.807) is 36.4 Å². The van der Waals surface area contributed by atoms with Crippen molar-refractivity contribution < 1.29 is 9.47 Å². The summed E-state index contributed by atoms with van der Waals surface area (Å²) in [6.07, 6.45) is 0. The summed E-state index contributed by atoms with van der Waals surface area (Å²) >= 11 is 0. The molecule has 0 unspecified atom stereocenters. The first-order valence-electron chi connectivity index (χ1n) is 5.73. The highest BCUT2D eigenvalue weighted by Crippen LogP contribution is 2.33. The molecular formula is C15H11N3O2. The fraction of sp³-hybridized carbons (Fsp3) is 0.0667. The van der Waals surface area contributed by atoms with Gasteiger partial charge in [0.05, 0.1) is 30.0 Å². The molecule has 2 aromatic rings. The van der Waals surface area contributed by atoms with E-state index in [-0.39, 0.29) is 0 Å². The van der Waals surface area contributed by atoms with Gasteiger partial charge in [-0.2, -0.15) is 10.5 Å². The molecule has 0 fully saturated rings. The number of hydrogen-bond donors (Lipinski definition) is 1. The second-order valence-corrected chi connectivity index (χ2v) is 3.94. The topological polar surface area (TPSA) is 92.1 Å². The van der Waals surface area contributed by atoms with Crippen LogP contribution in [-0.4, -0.2) is 7.11 Å². The molecule has 0 bridgehead atoms. The summed E-state index contributed by atoms with van der Waals surface area (Å²) in [5, 5.41) is 17.7. The largest absolute Gasteiger partial charge is 0.493 e. The number of methoxy groups -OCH3 is 1. The van der Waals surface area contributed by atoms with Crippen molar-refractivity contribution in [2.45, 2.75) is 0 Å². The van der Waals surface area contributed by atoms with Crippen LogP contribution in [0.4, 0.5) is 5.69 Å². The minimum atomic E-state index is 0.345. The summed E-state index contributed by atoms with van der Waals surface area (Å²) in [6, 6.07) is 13.7. The van der Waals surface area contributed by atoms with Gasteiger partial charge in [-0.25, -0.2) is 0 Å². The van der Waals surface area contributed by atoms with E-state index in [9.17, 15) is 0 Å². The van der Waals surface area contributed by atoms with E-state index < -0.39 is 0 Å². The van der Waals surface area contributed by atoms with Gasteiger partial charge in [-0.1, -0.05) is 0 Å². The van der Waals surface area contributed by atoms with Crippen LogP contribution >= 0.6 is 0 Å². The first kappa shape index (κ1) is 13.3. The summed E-state index contributed by atoms with van der Waals surface area (Å²) in [6.45, 7) is 0. The van der Waals surface area contributed by atoms with Gasteiger partial charge in [-0.05, 0) is 24.3 Å². The van der Waals surface area contributed by atoms with E-state index in [4.69, 9.17) is 25.7 Å². The van der Waals surface area contributed by atoms with Crippen LogP contribution in [0.2, 0.25) is 0 Å². The van der Waals surface area contributed by atoms with Crippen LogP contribution < -0.4 is 15.2 Å². The van der Waals surface area contributed by atoms with Crippen molar-refractivity contribution in [1.29, 1.82) is 10.5 Å². The van der Waals surface area contributed by atoms with Gasteiger partial charge in [0, 0.05) is 12.1 Å². The molecule has 0 radical (unpaired) electrons. The molecule has 0 amide bonds. The highest BCUT2D eigenvalue weighted by molar-refractivity contribution is 5.58. The van der Waals surface area contributed by atoms with E-state index >= 15 is 0 Å². The average Bonchev–Trinajstić information content (AvgIpc) is 2.48. The summed E-state index contributed by atoms with van der Waals surface area (Å²) in [7, 11) is 1.50. The zero-order chi connectivity index (χ0) is 14.5. The lowest BCUT2D eigenvalue weighted by Crippen LogP contribution is -1.94. The fourth-order valence-electron chi connectivity index (χ4n) is 1.65. The molecule has 20 heavy (non-hydrogen) atoms. The molecule has 5 nitrogen and oxygen atoms in total. The average molecular weight is 265 g/mol. The van der Waals surface area contributed by atoms with Gasteiger partial charge in [-0.3, -0.25) is 0 Å². The molecule has 0 aliphatic heterocycles. The molecule has 0 aromatic heterocycles. The maximum atomic E-state index is 8.84. The molecular weight excluding hydrogens is 254 g/mol. The van der Waals surface area contributed by atoms with Gasteiger partial charge in [0.25, 0.3) is 0 Å². The number of nitrogens with zero attached hydrogens (tertiary/aromatic N) is 2. The molecule has 0 spiro atoms.